The van der Waals surface area contributed by atoms with E-state index >= 15 is 0 Å². The van der Waals surface area contributed by atoms with Gasteiger partial charge < -0.3 is 0 Å². The van der Waals surface area contributed by atoms with E-state index in [4.69, 9.17) is 0 Å². The van der Waals surface area contributed by atoms with E-state index in [0.717, 1.165) is 12.8 Å². The normalized spacial score (nSPS) is 22.6. The summed E-state index contributed by atoms with van der Waals surface area (Å²) in [6.45, 7) is 0.00722. The zero-order valence-electron chi connectivity index (χ0n) is 5.43. The second-order valence-corrected chi connectivity index (χ2v) is 2.65. The van der Waals surface area contributed by atoms with E-state index < -0.39 is 0 Å². The molecule has 0 aromatic carbocycles. The van der Waals surface area contributed by atoms with Crippen LogP contribution >= 0.6 is 0 Å². The number of ketones is 1. The zero-order chi connectivity index (χ0) is 6.69. The first-order chi connectivity index (χ1) is 4.33. The lowest BCUT2D eigenvalue weighted by Gasteiger charge is -2.16. The van der Waals surface area contributed by atoms with Crippen LogP contribution in [0.2, 0.25) is 0 Å². The van der Waals surface area contributed by atoms with Gasteiger partial charge in [-0.05, 0) is 18.8 Å². The maximum Gasteiger partial charge on any atom is 0.132 e. The molecule has 0 N–H and O–H groups in total. The van der Waals surface area contributed by atoms with Crippen LogP contribution in [0.25, 0.3) is 0 Å². The third-order valence-corrected chi connectivity index (χ3v) is 1.90. The molecule has 1 saturated carbocycles. The molecule has 1 aliphatic carbocycles. The molecule has 0 heterocycles. The lowest BCUT2D eigenvalue weighted by atomic mass is 9.89. The van der Waals surface area contributed by atoms with Crippen molar-refractivity contribution in [1.82, 2.24) is 0 Å². The molecule has 0 spiro atoms. The summed E-state index contributed by atoms with van der Waals surface area (Å²) in [5, 5.41) is 10.3. The van der Waals surface area contributed by atoms with Gasteiger partial charge in [0.25, 0.3) is 0 Å². The van der Waals surface area contributed by atoms with Gasteiger partial charge in [0.05, 0.1) is 6.61 Å². The summed E-state index contributed by atoms with van der Waals surface area (Å²) in [5.74, 6) is 0.627. The molecule has 9 heavy (non-hydrogen) atoms. The standard InChI is InChI=1S/C7H11O2/c8-5-6-1-3-7(9)4-2-6/h6H,1-5H2. The summed E-state index contributed by atoms with van der Waals surface area (Å²) in [5.41, 5.74) is 0. The predicted octanol–water partition coefficient (Wildman–Crippen LogP) is 1.18. The predicted molar refractivity (Wildman–Crippen MR) is 32.5 cm³/mol. The molecule has 2 nitrogen and oxygen atoms in total. The Morgan fingerprint density at radius 3 is 2.33 bits per heavy atom. The van der Waals surface area contributed by atoms with Gasteiger partial charge in [0.2, 0.25) is 0 Å². The maximum atomic E-state index is 10.6. The first kappa shape index (κ1) is 6.75. The molecule has 0 atom stereocenters. The topological polar surface area (TPSA) is 37.0 Å². The Morgan fingerprint density at radius 2 is 1.89 bits per heavy atom. The highest BCUT2D eigenvalue weighted by Gasteiger charge is 2.17. The number of carbonyl (C=O) groups is 1. The third-order valence-electron chi connectivity index (χ3n) is 1.90. The Bertz CT molecular complexity index is 99.5. The molecular weight excluding hydrogens is 116 g/mol. The number of carbonyl (C=O) groups excluding carboxylic acids is 1. The Morgan fingerprint density at radius 1 is 1.33 bits per heavy atom. The monoisotopic (exact) mass is 127 g/mol. The molecule has 0 bridgehead atoms. The Hall–Kier alpha value is -0.370. The summed E-state index contributed by atoms with van der Waals surface area (Å²) in [6, 6.07) is 0. The quantitative estimate of drug-likeness (QED) is 0.521. The number of Topliss-reactive ketones (excluding diaryl/α,β-unsaturated/α-hetero) is 1. The van der Waals surface area contributed by atoms with Crippen LogP contribution in [0.4, 0.5) is 0 Å². The highest BCUT2D eigenvalue weighted by atomic mass is 16.3. The number of hydrogen-bond acceptors (Lipinski definition) is 1. The van der Waals surface area contributed by atoms with E-state index in [1.54, 1.807) is 0 Å². The lowest BCUT2D eigenvalue weighted by Crippen LogP contribution is -2.15. The average Bonchev–Trinajstić information content (AvgIpc) is 1.90. The molecule has 0 unspecified atom stereocenters. The van der Waals surface area contributed by atoms with Crippen LogP contribution in [0.3, 0.4) is 0 Å². The Labute approximate surface area is 54.9 Å². The van der Waals surface area contributed by atoms with E-state index in [1.807, 2.05) is 0 Å². The first-order valence-electron chi connectivity index (χ1n) is 3.42. The molecule has 1 aliphatic rings. The van der Waals surface area contributed by atoms with Crippen LogP contribution in [0.15, 0.2) is 0 Å². The van der Waals surface area contributed by atoms with Gasteiger partial charge in [-0.2, -0.15) is 0 Å². The van der Waals surface area contributed by atoms with Crippen LogP contribution in [-0.2, 0) is 9.90 Å². The molecule has 0 aromatic heterocycles. The smallest absolute Gasteiger partial charge is 0.132 e. The van der Waals surface area contributed by atoms with Crippen molar-refractivity contribution < 1.29 is 9.90 Å². The van der Waals surface area contributed by atoms with Gasteiger partial charge in [-0.15, -0.1) is 0 Å². The largest absolute Gasteiger partial charge is 0.300 e. The maximum absolute atomic E-state index is 10.6. The summed E-state index contributed by atoms with van der Waals surface area (Å²) in [4.78, 5) is 10.6. The zero-order valence-corrected chi connectivity index (χ0v) is 5.43. The van der Waals surface area contributed by atoms with Crippen LogP contribution in [0, 0.1) is 5.92 Å². The SMILES string of the molecule is [O]CC1CCC(=O)CC1. The van der Waals surface area contributed by atoms with E-state index in [-0.39, 0.29) is 6.61 Å². The summed E-state index contributed by atoms with van der Waals surface area (Å²) >= 11 is 0. The van der Waals surface area contributed by atoms with Crippen molar-refractivity contribution in [2.45, 2.75) is 25.7 Å². The van der Waals surface area contributed by atoms with Crippen LogP contribution in [0.1, 0.15) is 25.7 Å². The molecule has 0 aromatic rings. The average molecular weight is 127 g/mol. The fourth-order valence-electron chi connectivity index (χ4n) is 1.17. The number of hydrogen-bond donors (Lipinski definition) is 0. The third kappa shape index (κ3) is 1.79. The van der Waals surface area contributed by atoms with Crippen molar-refractivity contribution in [3.8, 4) is 0 Å². The van der Waals surface area contributed by atoms with Crippen molar-refractivity contribution in [1.29, 1.82) is 0 Å². The fourth-order valence-corrected chi connectivity index (χ4v) is 1.17. The van der Waals surface area contributed by atoms with E-state index in [1.165, 1.54) is 0 Å². The molecular formula is C7H11O2. The molecule has 1 radical (unpaired) electrons. The summed E-state index contributed by atoms with van der Waals surface area (Å²) in [6.07, 6.45) is 2.96. The van der Waals surface area contributed by atoms with Crippen LogP contribution in [0.5, 0.6) is 0 Å². The highest BCUT2D eigenvalue weighted by molar-refractivity contribution is 5.78. The summed E-state index contributed by atoms with van der Waals surface area (Å²) < 4.78 is 0. The molecule has 0 saturated heterocycles. The number of rotatable bonds is 1. The minimum atomic E-state index is 0.00722. The van der Waals surface area contributed by atoms with E-state index in [9.17, 15) is 9.90 Å². The molecule has 1 rings (SSSR count). The van der Waals surface area contributed by atoms with Gasteiger partial charge in [-0.25, -0.2) is 5.11 Å². The van der Waals surface area contributed by atoms with E-state index in [0.29, 0.717) is 24.5 Å². The van der Waals surface area contributed by atoms with Crippen molar-refractivity contribution in [3.63, 3.8) is 0 Å². The minimum absolute atomic E-state index is 0.00722. The fraction of sp³-hybridized carbons (Fsp3) is 0.857. The molecule has 0 aliphatic heterocycles. The van der Waals surface area contributed by atoms with Gasteiger partial charge in [0.15, 0.2) is 0 Å². The van der Waals surface area contributed by atoms with Crippen molar-refractivity contribution in [3.05, 3.63) is 0 Å². The van der Waals surface area contributed by atoms with Crippen molar-refractivity contribution in [2.75, 3.05) is 6.61 Å². The minimum Gasteiger partial charge on any atom is -0.300 e. The van der Waals surface area contributed by atoms with Crippen LogP contribution in [-0.4, -0.2) is 12.4 Å². The second kappa shape index (κ2) is 2.97. The lowest BCUT2D eigenvalue weighted by molar-refractivity contribution is -0.121. The van der Waals surface area contributed by atoms with Gasteiger partial charge >= 0.3 is 0 Å². The molecule has 1 fully saturated rings. The van der Waals surface area contributed by atoms with Crippen LogP contribution < -0.4 is 0 Å². The van der Waals surface area contributed by atoms with Gasteiger partial charge in [0, 0.05) is 12.8 Å². The van der Waals surface area contributed by atoms with Gasteiger partial charge in [-0.3, -0.25) is 4.79 Å². The van der Waals surface area contributed by atoms with Gasteiger partial charge in [0.1, 0.15) is 5.78 Å². The van der Waals surface area contributed by atoms with Crippen molar-refractivity contribution in [2.24, 2.45) is 5.92 Å². The van der Waals surface area contributed by atoms with Crippen molar-refractivity contribution >= 4 is 5.78 Å². The molecule has 2 heteroatoms. The molecule has 51 valence electrons. The molecule has 0 amide bonds. The van der Waals surface area contributed by atoms with E-state index in [2.05, 4.69) is 0 Å². The highest BCUT2D eigenvalue weighted by Crippen LogP contribution is 2.20. The summed E-state index contributed by atoms with van der Waals surface area (Å²) in [7, 11) is 0. The first-order valence-corrected chi connectivity index (χ1v) is 3.42. The Kier molecular flexibility index (Phi) is 2.22. The van der Waals surface area contributed by atoms with Gasteiger partial charge in [-0.1, -0.05) is 0 Å². The Balaban J connectivity index is 2.26. The second-order valence-electron chi connectivity index (χ2n) is 2.65.